The number of thioether (sulfide) groups is 1. The number of hydrogen-bond acceptors (Lipinski definition) is 6. The van der Waals surface area contributed by atoms with Gasteiger partial charge in [-0.05, 0) is 49.8 Å². The van der Waals surface area contributed by atoms with Gasteiger partial charge in [0.05, 0.1) is 18.5 Å². The maximum absolute atomic E-state index is 13.7. The van der Waals surface area contributed by atoms with E-state index in [0.29, 0.717) is 6.54 Å². The number of ether oxygens (including phenoxy) is 1. The van der Waals surface area contributed by atoms with E-state index in [1.807, 2.05) is 89.2 Å². The van der Waals surface area contributed by atoms with E-state index < -0.39 is 34.9 Å². The van der Waals surface area contributed by atoms with E-state index in [4.69, 9.17) is 4.74 Å². The molecule has 2 aromatic carbocycles. The molecule has 9 heteroatoms. The number of aryl methyl sites for hydroxylation is 1. The summed E-state index contributed by atoms with van der Waals surface area (Å²) < 4.78 is 4.77. The van der Waals surface area contributed by atoms with Crippen LogP contribution in [0.15, 0.2) is 54.6 Å². The molecule has 1 aliphatic rings. The smallest absolute Gasteiger partial charge is 0.407 e. The summed E-state index contributed by atoms with van der Waals surface area (Å²) in [7, 11) is 0. The number of aliphatic hydroxyl groups is 1. The molecule has 212 valence electrons. The van der Waals surface area contributed by atoms with Crippen LogP contribution in [0.3, 0.4) is 0 Å². The lowest BCUT2D eigenvalue weighted by atomic mass is 9.97. The van der Waals surface area contributed by atoms with Crippen LogP contribution in [0.1, 0.15) is 50.8 Å². The Morgan fingerprint density at radius 2 is 1.79 bits per heavy atom. The summed E-state index contributed by atoms with van der Waals surface area (Å²) in [6, 6.07) is 15.4. The monoisotopic (exact) mass is 555 g/mol. The van der Waals surface area contributed by atoms with Gasteiger partial charge in [-0.3, -0.25) is 9.59 Å². The van der Waals surface area contributed by atoms with Gasteiger partial charge < -0.3 is 25.4 Å². The van der Waals surface area contributed by atoms with Crippen LogP contribution in [0.5, 0.6) is 0 Å². The number of nitrogens with one attached hydrogen (secondary N) is 2. The molecule has 0 spiro atoms. The summed E-state index contributed by atoms with van der Waals surface area (Å²) in [4.78, 5) is 41.1. The third-order valence-corrected chi connectivity index (χ3v) is 8.60. The molecule has 0 aromatic heterocycles. The Bertz CT molecular complexity index is 1130. The first-order valence-corrected chi connectivity index (χ1v) is 14.4. The Morgan fingerprint density at radius 3 is 2.46 bits per heavy atom. The predicted molar refractivity (Wildman–Crippen MR) is 154 cm³/mol. The van der Waals surface area contributed by atoms with Crippen LogP contribution in [0.2, 0.25) is 0 Å². The molecule has 1 saturated heterocycles. The molecule has 39 heavy (non-hydrogen) atoms. The van der Waals surface area contributed by atoms with Crippen molar-refractivity contribution in [3.05, 3.63) is 71.3 Å². The molecule has 0 aliphatic carbocycles. The third-order valence-electron chi connectivity index (χ3n) is 7.22. The number of rotatable bonds is 11. The average Bonchev–Trinajstić information content (AvgIpc) is 3.25. The van der Waals surface area contributed by atoms with E-state index in [1.54, 1.807) is 0 Å². The number of amides is 3. The second-order valence-corrected chi connectivity index (χ2v) is 12.3. The Kier molecular flexibility index (Phi) is 10.8. The molecule has 0 saturated carbocycles. The second kappa shape index (κ2) is 13.8. The molecule has 8 nitrogen and oxygen atoms in total. The van der Waals surface area contributed by atoms with Crippen molar-refractivity contribution in [2.45, 2.75) is 76.9 Å². The van der Waals surface area contributed by atoms with Gasteiger partial charge in [-0.1, -0.05) is 74.9 Å². The summed E-state index contributed by atoms with van der Waals surface area (Å²) in [6.45, 7) is 10.4. The van der Waals surface area contributed by atoms with Gasteiger partial charge >= 0.3 is 6.09 Å². The fourth-order valence-electron chi connectivity index (χ4n) is 4.48. The normalized spacial score (nSPS) is 18.6. The van der Waals surface area contributed by atoms with Gasteiger partial charge in [-0.2, -0.15) is 0 Å². The summed E-state index contributed by atoms with van der Waals surface area (Å²) in [6.07, 6.45) is -1.17. The van der Waals surface area contributed by atoms with Crippen molar-refractivity contribution in [2.75, 3.05) is 12.5 Å². The fourth-order valence-corrected chi connectivity index (χ4v) is 5.62. The molecule has 3 N–H and O–H groups in total. The van der Waals surface area contributed by atoms with Crippen LogP contribution < -0.4 is 10.6 Å². The van der Waals surface area contributed by atoms with Crippen molar-refractivity contribution in [1.29, 1.82) is 0 Å². The molecule has 1 aliphatic heterocycles. The van der Waals surface area contributed by atoms with Crippen molar-refractivity contribution in [1.82, 2.24) is 15.5 Å². The van der Waals surface area contributed by atoms with Crippen LogP contribution >= 0.6 is 11.8 Å². The summed E-state index contributed by atoms with van der Waals surface area (Å²) in [5, 5.41) is 17.0. The lowest BCUT2D eigenvalue weighted by Crippen LogP contribution is -2.58. The van der Waals surface area contributed by atoms with E-state index in [9.17, 15) is 19.5 Å². The van der Waals surface area contributed by atoms with Gasteiger partial charge in [0.15, 0.2) is 6.10 Å². The lowest BCUT2D eigenvalue weighted by molar-refractivity contribution is -0.147. The SMILES string of the molecule is CCC(C)COC(=O)NC(Cc1ccccc1)C(O)C(=O)N1CSC(C)(C)C1C(=O)NCc1ccccc1C. The first-order valence-electron chi connectivity index (χ1n) is 13.5. The van der Waals surface area contributed by atoms with Crippen LogP contribution in [-0.4, -0.2) is 63.3 Å². The van der Waals surface area contributed by atoms with E-state index in [-0.39, 0.29) is 30.7 Å². The minimum Gasteiger partial charge on any atom is -0.449 e. The zero-order valence-corrected chi connectivity index (χ0v) is 24.3. The quantitative estimate of drug-likeness (QED) is 0.386. The highest BCUT2D eigenvalue weighted by Crippen LogP contribution is 2.40. The zero-order chi connectivity index (χ0) is 28.6. The van der Waals surface area contributed by atoms with Gasteiger partial charge in [-0.15, -0.1) is 11.8 Å². The minimum atomic E-state index is -1.57. The molecular weight excluding hydrogens is 514 g/mol. The highest BCUT2D eigenvalue weighted by Gasteiger charge is 2.49. The standard InChI is InChI=1S/C30H41N3O5S/c1-6-20(2)18-38-29(37)32-24(16-22-13-8-7-9-14-22)25(34)28(36)33-19-39-30(4,5)26(33)27(35)31-17-23-15-11-10-12-21(23)3/h7-15,20,24-26,34H,6,16-19H2,1-5H3,(H,31,35)(H,32,37). The molecule has 4 atom stereocenters. The van der Waals surface area contributed by atoms with Crippen molar-refractivity contribution in [3.8, 4) is 0 Å². The van der Waals surface area contributed by atoms with E-state index >= 15 is 0 Å². The molecule has 1 heterocycles. The van der Waals surface area contributed by atoms with Crippen molar-refractivity contribution >= 4 is 29.7 Å². The number of nitrogens with zero attached hydrogens (tertiary/aromatic N) is 1. The second-order valence-electron chi connectivity index (χ2n) is 10.7. The molecule has 0 bridgehead atoms. The Labute approximate surface area is 235 Å². The van der Waals surface area contributed by atoms with E-state index in [2.05, 4.69) is 10.6 Å². The summed E-state index contributed by atoms with van der Waals surface area (Å²) in [5.74, 6) is -0.443. The van der Waals surface area contributed by atoms with Crippen molar-refractivity contribution in [2.24, 2.45) is 5.92 Å². The highest BCUT2D eigenvalue weighted by atomic mass is 32.2. The Hall–Kier alpha value is -3.04. The first kappa shape index (κ1) is 30.5. The number of carbonyl (C=O) groups is 3. The largest absolute Gasteiger partial charge is 0.449 e. The Balaban J connectivity index is 1.76. The van der Waals surface area contributed by atoms with Crippen LogP contribution in [0.25, 0.3) is 0 Å². The number of benzene rings is 2. The van der Waals surface area contributed by atoms with Gasteiger partial charge in [0.2, 0.25) is 5.91 Å². The molecule has 2 aromatic rings. The Morgan fingerprint density at radius 1 is 1.13 bits per heavy atom. The molecule has 1 fully saturated rings. The zero-order valence-electron chi connectivity index (χ0n) is 23.5. The molecular formula is C30H41N3O5S. The number of alkyl carbamates (subject to hydrolysis) is 1. The average molecular weight is 556 g/mol. The number of hydrogen-bond donors (Lipinski definition) is 3. The van der Waals surface area contributed by atoms with Gasteiger partial charge in [0.25, 0.3) is 5.91 Å². The van der Waals surface area contributed by atoms with Gasteiger partial charge in [0, 0.05) is 11.3 Å². The third kappa shape index (κ3) is 8.22. The number of carbonyl (C=O) groups excluding carboxylic acids is 3. The fraction of sp³-hybridized carbons (Fsp3) is 0.500. The van der Waals surface area contributed by atoms with Crippen molar-refractivity contribution < 1.29 is 24.2 Å². The van der Waals surface area contributed by atoms with Crippen LogP contribution in [-0.2, 0) is 27.3 Å². The van der Waals surface area contributed by atoms with Gasteiger partial charge in [0.1, 0.15) is 6.04 Å². The van der Waals surface area contributed by atoms with Gasteiger partial charge in [-0.25, -0.2) is 4.79 Å². The van der Waals surface area contributed by atoms with E-state index in [0.717, 1.165) is 23.1 Å². The summed E-state index contributed by atoms with van der Waals surface area (Å²) in [5.41, 5.74) is 2.91. The predicted octanol–water partition coefficient (Wildman–Crippen LogP) is 4.04. The lowest BCUT2D eigenvalue weighted by Gasteiger charge is -2.33. The topological polar surface area (TPSA) is 108 Å². The molecule has 4 unspecified atom stereocenters. The number of aliphatic hydroxyl groups excluding tert-OH is 1. The first-order chi connectivity index (χ1) is 18.5. The maximum atomic E-state index is 13.7. The summed E-state index contributed by atoms with van der Waals surface area (Å²) >= 11 is 1.48. The molecule has 3 amide bonds. The minimum absolute atomic E-state index is 0.192. The van der Waals surface area contributed by atoms with Crippen molar-refractivity contribution in [3.63, 3.8) is 0 Å². The van der Waals surface area contributed by atoms with Crippen LogP contribution in [0.4, 0.5) is 4.79 Å². The maximum Gasteiger partial charge on any atom is 0.407 e. The molecule has 3 rings (SSSR count). The van der Waals surface area contributed by atoms with E-state index in [1.165, 1.54) is 16.7 Å². The highest BCUT2D eigenvalue weighted by molar-refractivity contribution is 8.00. The van der Waals surface area contributed by atoms with Crippen LogP contribution in [0, 0.1) is 12.8 Å². The molecule has 0 radical (unpaired) electrons.